The normalized spacial score (nSPS) is 18.7. The summed E-state index contributed by atoms with van der Waals surface area (Å²) in [6, 6.07) is 0. The minimum absolute atomic E-state index is 0.190. The average molecular weight is 186 g/mol. The summed E-state index contributed by atoms with van der Waals surface area (Å²) in [5.74, 6) is 0.988. The molecule has 1 aliphatic rings. The van der Waals surface area contributed by atoms with Crippen LogP contribution >= 0.6 is 11.8 Å². The third-order valence-corrected chi connectivity index (χ3v) is 3.26. The second-order valence-electron chi connectivity index (χ2n) is 2.90. The van der Waals surface area contributed by atoms with Crippen LogP contribution in [0.3, 0.4) is 0 Å². The van der Waals surface area contributed by atoms with Crippen molar-refractivity contribution in [2.24, 2.45) is 0 Å². The van der Waals surface area contributed by atoms with Crippen LogP contribution in [-0.4, -0.2) is 23.2 Å². The zero-order valence-electron chi connectivity index (χ0n) is 7.30. The predicted molar refractivity (Wildman–Crippen MR) is 51.1 cm³/mol. The van der Waals surface area contributed by atoms with Crippen molar-refractivity contribution >= 4 is 17.5 Å². The molecule has 12 heavy (non-hydrogen) atoms. The summed E-state index contributed by atoms with van der Waals surface area (Å²) in [5, 5.41) is 8.62. The van der Waals surface area contributed by atoms with E-state index in [-0.39, 0.29) is 12.4 Å². The molecule has 0 aromatic heterocycles. The summed E-state index contributed by atoms with van der Waals surface area (Å²) in [6.07, 6.45) is 2.70. The van der Waals surface area contributed by atoms with Gasteiger partial charge in [0.15, 0.2) is 5.78 Å². The van der Waals surface area contributed by atoms with E-state index < -0.39 is 0 Å². The highest BCUT2D eigenvalue weighted by atomic mass is 32.2. The molecule has 0 aromatic carbocycles. The first-order valence-corrected chi connectivity index (χ1v) is 5.21. The molecule has 0 spiro atoms. The Labute approximate surface area is 77.0 Å². The number of thioether (sulfide) groups is 1. The Balaban J connectivity index is 2.59. The first-order valence-electron chi connectivity index (χ1n) is 4.22. The van der Waals surface area contributed by atoms with E-state index in [0.29, 0.717) is 12.2 Å². The van der Waals surface area contributed by atoms with Gasteiger partial charge in [0.25, 0.3) is 0 Å². The minimum atomic E-state index is 0.190. The molecule has 0 radical (unpaired) electrons. The van der Waals surface area contributed by atoms with Crippen molar-refractivity contribution in [3.8, 4) is 0 Å². The highest BCUT2D eigenvalue weighted by Gasteiger charge is 2.16. The van der Waals surface area contributed by atoms with Crippen LogP contribution in [0.15, 0.2) is 10.5 Å². The largest absolute Gasteiger partial charge is 0.396 e. The maximum absolute atomic E-state index is 11.2. The Hall–Kier alpha value is -0.280. The van der Waals surface area contributed by atoms with E-state index in [2.05, 4.69) is 0 Å². The second-order valence-corrected chi connectivity index (χ2v) is 4.09. The van der Waals surface area contributed by atoms with E-state index in [9.17, 15) is 4.79 Å². The number of carbonyl (C=O) groups is 1. The van der Waals surface area contributed by atoms with Crippen LogP contribution < -0.4 is 0 Å². The van der Waals surface area contributed by atoms with Crippen LogP contribution in [0.25, 0.3) is 0 Å². The Morgan fingerprint density at radius 2 is 2.25 bits per heavy atom. The number of carbonyl (C=O) groups excluding carboxylic acids is 1. The number of Topliss-reactive ketones (excluding diaryl/α,β-unsaturated/α-hetero) is 1. The summed E-state index contributed by atoms with van der Waals surface area (Å²) in [6.45, 7) is 2.08. The highest BCUT2D eigenvalue weighted by molar-refractivity contribution is 8.03. The van der Waals surface area contributed by atoms with Crippen LogP contribution in [0.5, 0.6) is 0 Å². The second kappa shape index (κ2) is 4.67. The fraction of sp³-hybridized carbons (Fsp3) is 0.667. The summed E-state index contributed by atoms with van der Waals surface area (Å²) >= 11 is 1.62. The molecule has 0 atom stereocenters. The number of allylic oxidation sites excluding steroid dienone is 2. The van der Waals surface area contributed by atoms with Gasteiger partial charge in [-0.25, -0.2) is 0 Å². The van der Waals surface area contributed by atoms with E-state index in [4.69, 9.17) is 5.11 Å². The smallest absolute Gasteiger partial charge is 0.159 e. The highest BCUT2D eigenvalue weighted by Crippen LogP contribution is 2.30. The fourth-order valence-corrected chi connectivity index (χ4v) is 2.25. The molecule has 0 saturated carbocycles. The van der Waals surface area contributed by atoms with E-state index in [0.717, 1.165) is 18.4 Å². The predicted octanol–water partition coefficient (Wildman–Crippen LogP) is 1.74. The summed E-state index contributed by atoms with van der Waals surface area (Å²) in [5.41, 5.74) is 0.916. The number of hydrogen-bond acceptors (Lipinski definition) is 3. The van der Waals surface area contributed by atoms with Gasteiger partial charge in [0.05, 0.1) is 6.61 Å². The topological polar surface area (TPSA) is 37.3 Å². The van der Waals surface area contributed by atoms with Gasteiger partial charge in [-0.3, -0.25) is 4.79 Å². The molecule has 68 valence electrons. The van der Waals surface area contributed by atoms with E-state index in [1.807, 2.05) is 6.92 Å². The van der Waals surface area contributed by atoms with Gasteiger partial charge in [-0.05, 0) is 24.7 Å². The lowest BCUT2D eigenvalue weighted by Crippen LogP contribution is -2.08. The maximum atomic E-state index is 11.2. The lowest BCUT2D eigenvalue weighted by atomic mass is 9.99. The molecule has 0 aliphatic heterocycles. The van der Waals surface area contributed by atoms with Gasteiger partial charge >= 0.3 is 0 Å². The Morgan fingerprint density at radius 1 is 1.50 bits per heavy atom. The molecule has 1 N–H and O–H groups in total. The fourth-order valence-electron chi connectivity index (χ4n) is 1.29. The number of aliphatic hydroxyl groups excluding tert-OH is 1. The summed E-state index contributed by atoms with van der Waals surface area (Å²) in [7, 11) is 0. The lowest BCUT2D eigenvalue weighted by Gasteiger charge is -2.15. The average Bonchev–Trinajstić information content (AvgIpc) is 2.08. The number of ketones is 1. The summed E-state index contributed by atoms with van der Waals surface area (Å²) < 4.78 is 0. The quantitative estimate of drug-likeness (QED) is 0.729. The molecule has 1 aliphatic carbocycles. The Morgan fingerprint density at radius 3 is 2.92 bits per heavy atom. The van der Waals surface area contributed by atoms with Gasteiger partial charge in [-0.1, -0.05) is 0 Å². The van der Waals surface area contributed by atoms with Crippen molar-refractivity contribution in [1.29, 1.82) is 0 Å². The van der Waals surface area contributed by atoms with Crippen molar-refractivity contribution < 1.29 is 9.90 Å². The van der Waals surface area contributed by atoms with Gasteiger partial charge < -0.3 is 5.11 Å². The number of rotatable bonds is 3. The monoisotopic (exact) mass is 186 g/mol. The van der Waals surface area contributed by atoms with Gasteiger partial charge in [0.1, 0.15) is 0 Å². The molecule has 0 aromatic rings. The van der Waals surface area contributed by atoms with Crippen molar-refractivity contribution in [2.45, 2.75) is 26.2 Å². The molecule has 0 saturated heterocycles. The molecule has 3 heteroatoms. The SMILES string of the molecule is CC1=C(SCCO)CCCC1=O. The molecular formula is C9H14O2S. The first-order chi connectivity index (χ1) is 5.75. The lowest BCUT2D eigenvalue weighted by molar-refractivity contribution is -0.115. The zero-order chi connectivity index (χ0) is 8.97. The number of hydrogen-bond donors (Lipinski definition) is 1. The molecule has 2 nitrogen and oxygen atoms in total. The van der Waals surface area contributed by atoms with Gasteiger partial charge in [0, 0.05) is 17.7 Å². The third kappa shape index (κ3) is 2.35. The van der Waals surface area contributed by atoms with Crippen LogP contribution in [0.1, 0.15) is 26.2 Å². The standard InChI is InChI=1S/C9H14O2S/c1-7-8(11)3-2-4-9(7)12-6-5-10/h10H,2-6H2,1H3. The van der Waals surface area contributed by atoms with Gasteiger partial charge in [-0.15, -0.1) is 11.8 Å². The van der Waals surface area contributed by atoms with E-state index in [1.165, 1.54) is 4.91 Å². The third-order valence-electron chi connectivity index (χ3n) is 2.01. The maximum Gasteiger partial charge on any atom is 0.159 e. The van der Waals surface area contributed by atoms with Crippen molar-refractivity contribution in [2.75, 3.05) is 12.4 Å². The van der Waals surface area contributed by atoms with Crippen LogP contribution in [0, 0.1) is 0 Å². The van der Waals surface area contributed by atoms with Gasteiger partial charge in [-0.2, -0.15) is 0 Å². The van der Waals surface area contributed by atoms with Crippen LogP contribution in [-0.2, 0) is 4.79 Å². The van der Waals surface area contributed by atoms with Crippen LogP contribution in [0.4, 0.5) is 0 Å². The Kier molecular flexibility index (Phi) is 3.82. The van der Waals surface area contributed by atoms with Crippen LogP contribution in [0.2, 0.25) is 0 Å². The van der Waals surface area contributed by atoms with Crippen molar-refractivity contribution in [3.63, 3.8) is 0 Å². The molecule has 0 heterocycles. The molecule has 0 amide bonds. The van der Waals surface area contributed by atoms with Crippen molar-refractivity contribution in [1.82, 2.24) is 0 Å². The van der Waals surface area contributed by atoms with E-state index in [1.54, 1.807) is 11.8 Å². The molecule has 0 fully saturated rings. The number of aliphatic hydroxyl groups is 1. The van der Waals surface area contributed by atoms with Gasteiger partial charge in [0.2, 0.25) is 0 Å². The van der Waals surface area contributed by atoms with E-state index >= 15 is 0 Å². The first kappa shape index (κ1) is 9.81. The minimum Gasteiger partial charge on any atom is -0.396 e. The molecule has 0 bridgehead atoms. The molecule has 0 unspecified atom stereocenters. The van der Waals surface area contributed by atoms with Crippen molar-refractivity contribution in [3.05, 3.63) is 10.5 Å². The zero-order valence-corrected chi connectivity index (χ0v) is 8.12. The Bertz CT molecular complexity index is 209. The molecular weight excluding hydrogens is 172 g/mol. The molecule has 1 rings (SSSR count). The summed E-state index contributed by atoms with van der Waals surface area (Å²) in [4.78, 5) is 12.4.